The lowest BCUT2D eigenvalue weighted by Gasteiger charge is -2.31. The quantitative estimate of drug-likeness (QED) is 0.735. The van der Waals surface area contributed by atoms with Crippen LogP contribution in [0.5, 0.6) is 0 Å². The minimum Gasteiger partial charge on any atom is -0.387 e. The molecule has 10 heteroatoms. The van der Waals surface area contributed by atoms with E-state index in [1.165, 1.54) is 31.3 Å². The average molecular weight is 415 g/mol. The molecule has 0 saturated heterocycles. The maximum Gasteiger partial charge on any atom is 0.394 e. The molecule has 0 fully saturated rings. The van der Waals surface area contributed by atoms with Gasteiger partial charge in [0.2, 0.25) is 0 Å². The Balaban J connectivity index is 1.95. The molecule has 148 valence electrons. The van der Waals surface area contributed by atoms with Gasteiger partial charge in [0, 0.05) is 23.9 Å². The van der Waals surface area contributed by atoms with E-state index in [9.17, 15) is 22.4 Å². The number of nitrogens with one attached hydrogen (secondary N) is 1. The fourth-order valence-electron chi connectivity index (χ4n) is 3.21. The summed E-state index contributed by atoms with van der Waals surface area (Å²) >= 11 is 5.71. The molecule has 1 aliphatic heterocycles. The van der Waals surface area contributed by atoms with Crippen molar-refractivity contribution < 1.29 is 22.4 Å². The molecular formula is C18H15ClF4N4O. The van der Waals surface area contributed by atoms with Gasteiger partial charge in [-0.2, -0.15) is 13.2 Å². The predicted molar refractivity (Wildman–Crippen MR) is 96.7 cm³/mol. The number of nitrogens with two attached hydrogens (primary N) is 1. The van der Waals surface area contributed by atoms with E-state index in [-0.39, 0.29) is 22.8 Å². The van der Waals surface area contributed by atoms with Crippen LogP contribution >= 0.6 is 11.6 Å². The third-order valence-electron chi connectivity index (χ3n) is 4.59. The van der Waals surface area contributed by atoms with Crippen molar-refractivity contribution >= 4 is 29.0 Å². The van der Waals surface area contributed by atoms with Gasteiger partial charge in [-0.15, -0.1) is 0 Å². The number of carbonyl (C=O) groups is 1. The van der Waals surface area contributed by atoms with Gasteiger partial charge in [0.25, 0.3) is 5.91 Å². The number of nitrogens with zero attached hydrogens (tertiary/aromatic N) is 2. The summed E-state index contributed by atoms with van der Waals surface area (Å²) < 4.78 is 54.9. The van der Waals surface area contributed by atoms with Crippen LogP contribution in [0.1, 0.15) is 29.4 Å². The number of rotatable bonds is 3. The van der Waals surface area contributed by atoms with Crippen molar-refractivity contribution in [3.63, 3.8) is 0 Å². The Morgan fingerprint density at radius 2 is 2.04 bits per heavy atom. The third-order valence-corrected chi connectivity index (χ3v) is 4.82. The number of hydrogen-bond donors (Lipinski definition) is 2. The van der Waals surface area contributed by atoms with E-state index in [1.807, 2.05) is 0 Å². The number of aliphatic imine (C=N–C) groups is 1. The molecule has 3 rings (SSSR count). The van der Waals surface area contributed by atoms with Gasteiger partial charge < -0.3 is 11.1 Å². The molecule has 0 saturated carbocycles. The van der Waals surface area contributed by atoms with E-state index < -0.39 is 35.8 Å². The number of amides is 1. The van der Waals surface area contributed by atoms with Crippen LogP contribution in [-0.4, -0.2) is 22.9 Å². The molecule has 0 radical (unpaired) electrons. The SMILES string of the molecule is C[C@@]1(c2cc(NC(=O)c3ccc(Cl)cn3)ccc2F)N=C(N)C[C@@H]1C(F)(F)F. The van der Waals surface area contributed by atoms with Crippen LogP contribution in [0.25, 0.3) is 0 Å². The summed E-state index contributed by atoms with van der Waals surface area (Å²) in [5.74, 6) is -3.68. The second kappa shape index (κ2) is 7.05. The highest BCUT2D eigenvalue weighted by atomic mass is 35.5. The number of pyridine rings is 1. The molecule has 2 heterocycles. The molecule has 2 aromatic rings. The van der Waals surface area contributed by atoms with Crippen molar-refractivity contribution in [2.45, 2.75) is 25.1 Å². The minimum atomic E-state index is -4.63. The molecule has 0 aliphatic carbocycles. The normalized spacial score (nSPS) is 22.1. The molecule has 2 atom stereocenters. The van der Waals surface area contributed by atoms with Gasteiger partial charge in [0.05, 0.1) is 22.3 Å². The topological polar surface area (TPSA) is 80.4 Å². The van der Waals surface area contributed by atoms with Crippen LogP contribution in [0.15, 0.2) is 41.5 Å². The maximum absolute atomic E-state index is 14.4. The summed E-state index contributed by atoms with van der Waals surface area (Å²) in [7, 11) is 0. The summed E-state index contributed by atoms with van der Waals surface area (Å²) in [4.78, 5) is 20.0. The number of amidine groups is 1. The molecular weight excluding hydrogens is 400 g/mol. The summed E-state index contributed by atoms with van der Waals surface area (Å²) in [6.45, 7) is 1.18. The van der Waals surface area contributed by atoms with Gasteiger partial charge in [-0.05, 0) is 37.3 Å². The van der Waals surface area contributed by atoms with E-state index in [0.717, 1.165) is 12.1 Å². The van der Waals surface area contributed by atoms with Crippen LogP contribution in [0.4, 0.5) is 23.2 Å². The summed E-state index contributed by atoms with van der Waals surface area (Å²) in [6.07, 6.45) is -3.87. The molecule has 1 aromatic heterocycles. The molecule has 1 amide bonds. The monoisotopic (exact) mass is 414 g/mol. The van der Waals surface area contributed by atoms with Crippen molar-refractivity contribution in [1.82, 2.24) is 4.98 Å². The smallest absolute Gasteiger partial charge is 0.387 e. The highest BCUT2D eigenvalue weighted by molar-refractivity contribution is 6.30. The Hall–Kier alpha value is -2.68. The lowest BCUT2D eigenvalue weighted by molar-refractivity contribution is -0.187. The Labute approximate surface area is 162 Å². The lowest BCUT2D eigenvalue weighted by atomic mass is 9.79. The van der Waals surface area contributed by atoms with E-state index >= 15 is 0 Å². The fourth-order valence-corrected chi connectivity index (χ4v) is 3.32. The van der Waals surface area contributed by atoms with Crippen LogP contribution < -0.4 is 11.1 Å². The first kappa shape index (κ1) is 20.1. The zero-order valence-corrected chi connectivity index (χ0v) is 15.3. The Morgan fingerprint density at radius 3 is 2.64 bits per heavy atom. The van der Waals surface area contributed by atoms with Crippen LogP contribution in [-0.2, 0) is 5.54 Å². The Morgan fingerprint density at radius 1 is 1.32 bits per heavy atom. The fraction of sp³-hybridized carbons (Fsp3) is 0.278. The van der Waals surface area contributed by atoms with Crippen molar-refractivity contribution in [2.24, 2.45) is 16.6 Å². The molecule has 1 aliphatic rings. The minimum absolute atomic E-state index is 0.0396. The average Bonchev–Trinajstić information content (AvgIpc) is 2.93. The van der Waals surface area contributed by atoms with Crippen LogP contribution in [0.2, 0.25) is 5.02 Å². The lowest BCUT2D eigenvalue weighted by Crippen LogP contribution is -2.38. The molecule has 5 nitrogen and oxygen atoms in total. The van der Waals surface area contributed by atoms with E-state index in [0.29, 0.717) is 5.02 Å². The standard InChI is InChI=1S/C18H15ClF4N4O/c1-17(14(18(21,22)23)7-15(24)27-17)11-6-10(3-4-12(11)20)26-16(28)13-5-2-9(19)8-25-13/h2-6,8,14H,7H2,1H3,(H2,24,27)(H,26,28)/t14-,17-/m0/s1. The first-order chi connectivity index (χ1) is 13.0. The third kappa shape index (κ3) is 3.80. The van der Waals surface area contributed by atoms with Gasteiger partial charge in [0.15, 0.2) is 0 Å². The Kier molecular flexibility index (Phi) is 5.05. The zero-order chi connectivity index (χ0) is 20.7. The van der Waals surface area contributed by atoms with Gasteiger partial charge >= 0.3 is 6.18 Å². The number of hydrogen-bond acceptors (Lipinski definition) is 4. The van der Waals surface area contributed by atoms with Crippen LogP contribution in [0, 0.1) is 11.7 Å². The number of aromatic nitrogens is 1. The molecule has 1 aromatic carbocycles. The number of carbonyl (C=O) groups excluding carboxylic acids is 1. The van der Waals surface area contributed by atoms with E-state index in [1.54, 1.807) is 0 Å². The van der Waals surface area contributed by atoms with E-state index in [2.05, 4.69) is 15.3 Å². The highest BCUT2D eigenvalue weighted by Crippen LogP contribution is 2.49. The maximum atomic E-state index is 14.4. The predicted octanol–water partition coefficient (Wildman–Crippen LogP) is 4.28. The second-order valence-electron chi connectivity index (χ2n) is 6.56. The molecule has 0 bridgehead atoms. The first-order valence-electron chi connectivity index (χ1n) is 8.14. The van der Waals surface area contributed by atoms with Crippen molar-refractivity contribution in [1.29, 1.82) is 0 Å². The van der Waals surface area contributed by atoms with Crippen molar-refractivity contribution in [2.75, 3.05) is 5.32 Å². The van der Waals surface area contributed by atoms with Crippen molar-refractivity contribution in [3.8, 4) is 0 Å². The highest BCUT2D eigenvalue weighted by Gasteiger charge is 2.56. The number of anilines is 1. The first-order valence-corrected chi connectivity index (χ1v) is 8.52. The van der Waals surface area contributed by atoms with E-state index in [4.69, 9.17) is 17.3 Å². The van der Waals surface area contributed by atoms with Crippen LogP contribution in [0.3, 0.4) is 0 Å². The van der Waals surface area contributed by atoms with Gasteiger partial charge in [-0.1, -0.05) is 11.6 Å². The van der Waals surface area contributed by atoms with Gasteiger partial charge in [0.1, 0.15) is 11.5 Å². The second-order valence-corrected chi connectivity index (χ2v) is 7.00. The summed E-state index contributed by atoms with van der Waals surface area (Å²) in [6, 6.07) is 6.18. The largest absolute Gasteiger partial charge is 0.394 e. The van der Waals surface area contributed by atoms with Gasteiger partial charge in [-0.25, -0.2) is 9.37 Å². The van der Waals surface area contributed by atoms with Gasteiger partial charge in [-0.3, -0.25) is 9.79 Å². The van der Waals surface area contributed by atoms with Crippen molar-refractivity contribution in [3.05, 3.63) is 58.6 Å². The number of halogens is 5. The number of alkyl halides is 3. The summed E-state index contributed by atoms with van der Waals surface area (Å²) in [5.41, 5.74) is 3.42. The molecule has 28 heavy (non-hydrogen) atoms. The zero-order valence-electron chi connectivity index (χ0n) is 14.5. The molecule has 0 spiro atoms. The summed E-state index contributed by atoms with van der Waals surface area (Å²) in [5, 5.41) is 2.82. The number of benzene rings is 1. The Bertz CT molecular complexity index is 946. The molecule has 0 unspecified atom stereocenters. The molecule has 3 N–H and O–H groups in total.